The summed E-state index contributed by atoms with van der Waals surface area (Å²) in [7, 11) is 0. The predicted octanol–water partition coefficient (Wildman–Crippen LogP) is 4.79. The van der Waals surface area contributed by atoms with E-state index in [9.17, 15) is 4.79 Å². The van der Waals surface area contributed by atoms with Gasteiger partial charge in [-0.3, -0.25) is 9.69 Å². The van der Waals surface area contributed by atoms with E-state index < -0.39 is 0 Å². The van der Waals surface area contributed by atoms with Crippen LogP contribution >= 0.6 is 23.8 Å². The van der Waals surface area contributed by atoms with E-state index in [2.05, 4.69) is 5.32 Å². The summed E-state index contributed by atoms with van der Waals surface area (Å²) in [6.45, 7) is 6.23. The molecule has 0 aromatic heterocycles. The molecule has 0 aliphatic carbocycles. The standard InChI is InChI=1S/C21H21ClN2O3S/c1-4-26-18-11-14(16(22)12-19(18)27-13(2)3)10-17-20(25)24(21(28)23-17)15-8-6-5-7-9-15/h5-13H,4H2,1-3H3,(H,23,28)/b17-10+. The molecule has 0 unspecified atom stereocenters. The summed E-state index contributed by atoms with van der Waals surface area (Å²) in [5.41, 5.74) is 1.68. The summed E-state index contributed by atoms with van der Waals surface area (Å²) in [5.74, 6) is 0.893. The number of amides is 1. The number of para-hydroxylation sites is 1. The number of carbonyl (C=O) groups is 1. The number of rotatable bonds is 6. The van der Waals surface area contributed by atoms with Crippen LogP contribution in [0.2, 0.25) is 5.02 Å². The molecule has 3 rings (SSSR count). The van der Waals surface area contributed by atoms with Crippen molar-refractivity contribution in [2.24, 2.45) is 0 Å². The van der Waals surface area contributed by atoms with Crippen molar-refractivity contribution in [1.82, 2.24) is 5.32 Å². The van der Waals surface area contributed by atoms with Gasteiger partial charge < -0.3 is 14.8 Å². The molecule has 0 saturated carbocycles. The summed E-state index contributed by atoms with van der Waals surface area (Å²) >= 11 is 11.8. The van der Waals surface area contributed by atoms with Gasteiger partial charge in [0.25, 0.3) is 5.91 Å². The normalized spacial score (nSPS) is 15.3. The highest BCUT2D eigenvalue weighted by Crippen LogP contribution is 2.35. The average Bonchev–Trinajstić information content (AvgIpc) is 2.92. The van der Waals surface area contributed by atoms with Gasteiger partial charge in [0, 0.05) is 6.07 Å². The number of hydrogen-bond acceptors (Lipinski definition) is 4. The molecular weight excluding hydrogens is 396 g/mol. The Hall–Kier alpha value is -2.57. The number of carbonyl (C=O) groups excluding carboxylic acids is 1. The first-order valence-corrected chi connectivity index (χ1v) is 9.74. The molecule has 0 atom stereocenters. The minimum absolute atomic E-state index is 0.0191. The van der Waals surface area contributed by atoms with Gasteiger partial charge in [0.1, 0.15) is 5.70 Å². The minimum atomic E-state index is -0.243. The van der Waals surface area contributed by atoms with Gasteiger partial charge in [-0.2, -0.15) is 0 Å². The van der Waals surface area contributed by atoms with Gasteiger partial charge in [-0.1, -0.05) is 29.8 Å². The molecule has 2 aromatic rings. The third-order valence-electron chi connectivity index (χ3n) is 3.92. The molecule has 2 aromatic carbocycles. The summed E-state index contributed by atoms with van der Waals surface area (Å²) < 4.78 is 11.5. The average molecular weight is 417 g/mol. The lowest BCUT2D eigenvalue weighted by molar-refractivity contribution is -0.113. The van der Waals surface area contributed by atoms with Crippen molar-refractivity contribution in [1.29, 1.82) is 0 Å². The van der Waals surface area contributed by atoms with Crippen molar-refractivity contribution in [2.45, 2.75) is 26.9 Å². The van der Waals surface area contributed by atoms with E-state index in [-0.39, 0.29) is 12.0 Å². The molecule has 1 fully saturated rings. The number of ether oxygens (including phenoxy) is 2. The van der Waals surface area contributed by atoms with Crippen LogP contribution in [-0.4, -0.2) is 23.7 Å². The summed E-state index contributed by atoms with van der Waals surface area (Å²) in [5, 5.41) is 3.74. The quantitative estimate of drug-likeness (QED) is 0.542. The minimum Gasteiger partial charge on any atom is -0.490 e. The van der Waals surface area contributed by atoms with E-state index in [0.29, 0.717) is 45.2 Å². The van der Waals surface area contributed by atoms with Crippen LogP contribution < -0.4 is 19.7 Å². The smallest absolute Gasteiger partial charge is 0.281 e. The van der Waals surface area contributed by atoms with Crippen molar-refractivity contribution >= 4 is 46.6 Å². The van der Waals surface area contributed by atoms with Gasteiger partial charge in [0.05, 0.1) is 23.4 Å². The van der Waals surface area contributed by atoms with Gasteiger partial charge in [-0.05, 0) is 62.8 Å². The summed E-state index contributed by atoms with van der Waals surface area (Å²) in [6, 6.07) is 12.7. The highest BCUT2D eigenvalue weighted by Gasteiger charge is 2.32. The van der Waals surface area contributed by atoms with Crippen molar-refractivity contribution in [2.75, 3.05) is 11.5 Å². The SMILES string of the molecule is CCOc1cc(/C=C2/NC(=S)N(c3ccccc3)C2=O)c(Cl)cc1OC(C)C. The fourth-order valence-electron chi connectivity index (χ4n) is 2.78. The molecule has 1 aliphatic rings. The predicted molar refractivity (Wildman–Crippen MR) is 116 cm³/mol. The molecule has 5 nitrogen and oxygen atoms in total. The van der Waals surface area contributed by atoms with Crippen molar-refractivity contribution in [3.63, 3.8) is 0 Å². The lowest BCUT2D eigenvalue weighted by Gasteiger charge is -2.16. The molecule has 7 heteroatoms. The summed E-state index contributed by atoms with van der Waals surface area (Å²) in [6.07, 6.45) is 1.65. The first-order valence-electron chi connectivity index (χ1n) is 8.96. The molecule has 0 radical (unpaired) electrons. The Bertz CT molecular complexity index is 929. The number of benzene rings is 2. The Morgan fingerprint density at radius 1 is 1.21 bits per heavy atom. The Morgan fingerprint density at radius 2 is 1.93 bits per heavy atom. The lowest BCUT2D eigenvalue weighted by atomic mass is 10.1. The van der Waals surface area contributed by atoms with Crippen LogP contribution in [0.5, 0.6) is 11.5 Å². The van der Waals surface area contributed by atoms with Gasteiger partial charge >= 0.3 is 0 Å². The molecule has 0 spiro atoms. The molecular formula is C21H21ClN2O3S. The maximum atomic E-state index is 12.9. The van der Waals surface area contributed by atoms with Crippen molar-refractivity contribution in [3.8, 4) is 11.5 Å². The number of nitrogens with one attached hydrogen (secondary N) is 1. The topological polar surface area (TPSA) is 50.8 Å². The van der Waals surface area contributed by atoms with Gasteiger partial charge in [-0.15, -0.1) is 0 Å². The van der Waals surface area contributed by atoms with E-state index in [0.717, 1.165) is 0 Å². The van der Waals surface area contributed by atoms with Crippen LogP contribution in [0.3, 0.4) is 0 Å². The van der Waals surface area contributed by atoms with Crippen molar-refractivity contribution < 1.29 is 14.3 Å². The number of nitrogens with zero attached hydrogens (tertiary/aromatic N) is 1. The molecule has 146 valence electrons. The monoisotopic (exact) mass is 416 g/mol. The Balaban J connectivity index is 1.96. The number of thiocarbonyl (C=S) groups is 1. The van der Waals surface area contributed by atoms with Crippen LogP contribution in [-0.2, 0) is 4.79 Å². The molecule has 0 bridgehead atoms. The van der Waals surface area contributed by atoms with Crippen LogP contribution in [0.15, 0.2) is 48.2 Å². The lowest BCUT2D eigenvalue weighted by Crippen LogP contribution is -2.30. The van der Waals surface area contributed by atoms with E-state index in [4.69, 9.17) is 33.3 Å². The highest BCUT2D eigenvalue weighted by molar-refractivity contribution is 7.80. The molecule has 1 saturated heterocycles. The van der Waals surface area contributed by atoms with Gasteiger partial charge in [0.2, 0.25) is 0 Å². The highest BCUT2D eigenvalue weighted by atomic mass is 35.5. The number of anilines is 1. The molecule has 1 aliphatic heterocycles. The zero-order valence-corrected chi connectivity index (χ0v) is 17.4. The number of halogens is 1. The van der Waals surface area contributed by atoms with E-state index in [1.807, 2.05) is 51.1 Å². The third-order valence-corrected chi connectivity index (χ3v) is 4.53. The molecule has 28 heavy (non-hydrogen) atoms. The van der Waals surface area contributed by atoms with Crippen molar-refractivity contribution in [3.05, 3.63) is 58.7 Å². The second-order valence-corrected chi connectivity index (χ2v) is 7.18. The fourth-order valence-corrected chi connectivity index (χ4v) is 3.28. The van der Waals surface area contributed by atoms with Crippen LogP contribution in [0.25, 0.3) is 6.08 Å². The van der Waals surface area contributed by atoms with Crippen LogP contribution in [0.4, 0.5) is 5.69 Å². The second-order valence-electron chi connectivity index (χ2n) is 6.38. The summed E-state index contributed by atoms with van der Waals surface area (Å²) in [4.78, 5) is 14.3. The van der Waals surface area contributed by atoms with Gasteiger partial charge in [0.15, 0.2) is 16.6 Å². The number of hydrogen-bond donors (Lipinski definition) is 1. The maximum absolute atomic E-state index is 12.9. The molecule has 1 heterocycles. The Morgan fingerprint density at radius 3 is 2.57 bits per heavy atom. The van der Waals surface area contributed by atoms with E-state index in [1.165, 1.54) is 4.90 Å². The first-order chi connectivity index (χ1) is 13.4. The molecule has 1 N–H and O–H groups in total. The van der Waals surface area contributed by atoms with Crippen LogP contribution in [0.1, 0.15) is 26.3 Å². The molecule has 1 amide bonds. The second kappa shape index (κ2) is 8.63. The first kappa shape index (κ1) is 20.2. The maximum Gasteiger partial charge on any atom is 0.281 e. The fraction of sp³-hybridized carbons (Fsp3) is 0.238. The zero-order valence-electron chi connectivity index (χ0n) is 15.9. The van der Waals surface area contributed by atoms with Crippen LogP contribution in [0, 0.1) is 0 Å². The Labute approximate surface area is 174 Å². The zero-order chi connectivity index (χ0) is 20.3. The largest absolute Gasteiger partial charge is 0.490 e. The Kier molecular flexibility index (Phi) is 6.21. The third kappa shape index (κ3) is 4.29. The van der Waals surface area contributed by atoms with Gasteiger partial charge in [-0.25, -0.2) is 0 Å². The van der Waals surface area contributed by atoms with E-state index >= 15 is 0 Å². The van der Waals surface area contributed by atoms with E-state index in [1.54, 1.807) is 18.2 Å².